The van der Waals surface area contributed by atoms with E-state index in [1.807, 2.05) is 72.8 Å². The summed E-state index contributed by atoms with van der Waals surface area (Å²) in [6, 6.07) is 34.4. The average molecular weight is 362 g/mol. The quantitative estimate of drug-likeness (QED) is 0.220. The van der Waals surface area contributed by atoms with E-state index < -0.39 is 0 Å². The van der Waals surface area contributed by atoms with Crippen LogP contribution in [0.5, 0.6) is 0 Å². The highest BCUT2D eigenvalue weighted by atomic mass is 16.4. The van der Waals surface area contributed by atoms with E-state index in [2.05, 4.69) is 30.3 Å². The predicted molar refractivity (Wildman–Crippen MR) is 114 cm³/mol. The lowest BCUT2D eigenvalue weighted by Crippen LogP contribution is -2.06. The predicted octanol–water partition coefficient (Wildman–Crippen LogP) is 6.13. The van der Waals surface area contributed by atoms with Gasteiger partial charge in [0.25, 0.3) is 0 Å². The van der Waals surface area contributed by atoms with E-state index in [1.165, 1.54) is 0 Å². The summed E-state index contributed by atoms with van der Waals surface area (Å²) in [5.41, 5.74) is 3.69. The summed E-state index contributed by atoms with van der Waals surface area (Å²) in [6.07, 6.45) is 0. The number of hydrogen-bond acceptors (Lipinski definition) is 2. The Morgan fingerprint density at radius 3 is 1.71 bits per heavy atom. The maximum atomic E-state index is 12.7. The van der Waals surface area contributed by atoms with Crippen molar-refractivity contribution in [2.45, 2.75) is 5.92 Å². The molecule has 4 aromatic carbocycles. The Bertz CT molecular complexity index is 1280. The fourth-order valence-corrected chi connectivity index (χ4v) is 3.99. The van der Waals surface area contributed by atoms with E-state index in [4.69, 9.17) is 4.42 Å². The van der Waals surface area contributed by atoms with Gasteiger partial charge in [-0.15, -0.1) is 0 Å². The SMILES string of the molecule is O=c1oc2c(C(c3ccccc3)c3ccccc3)cccc2c2ccccc12. The molecule has 0 atom stereocenters. The van der Waals surface area contributed by atoms with Crippen LogP contribution in [0.1, 0.15) is 22.6 Å². The third-order valence-corrected chi connectivity index (χ3v) is 5.25. The molecule has 0 radical (unpaired) electrons. The molecule has 0 amide bonds. The van der Waals surface area contributed by atoms with Crippen molar-refractivity contribution in [2.75, 3.05) is 0 Å². The second kappa shape index (κ2) is 6.82. The van der Waals surface area contributed by atoms with Crippen LogP contribution in [-0.2, 0) is 0 Å². The average Bonchev–Trinajstić information content (AvgIpc) is 2.76. The monoisotopic (exact) mass is 362 g/mol. The number of rotatable bonds is 3. The first-order valence-electron chi connectivity index (χ1n) is 9.37. The topological polar surface area (TPSA) is 30.2 Å². The molecule has 0 N–H and O–H groups in total. The molecule has 0 bridgehead atoms. The second-order valence-corrected chi connectivity index (χ2v) is 6.91. The zero-order valence-corrected chi connectivity index (χ0v) is 15.2. The molecular weight excluding hydrogens is 344 g/mol. The fourth-order valence-electron chi connectivity index (χ4n) is 3.99. The van der Waals surface area contributed by atoms with Gasteiger partial charge in [-0.3, -0.25) is 0 Å². The molecule has 1 aromatic heterocycles. The van der Waals surface area contributed by atoms with Crippen molar-refractivity contribution < 1.29 is 4.42 Å². The molecule has 28 heavy (non-hydrogen) atoms. The lowest BCUT2D eigenvalue weighted by atomic mass is 9.84. The minimum Gasteiger partial charge on any atom is -0.422 e. The summed E-state index contributed by atoms with van der Waals surface area (Å²) >= 11 is 0. The molecule has 134 valence electrons. The van der Waals surface area contributed by atoms with Gasteiger partial charge in [-0.05, 0) is 22.6 Å². The van der Waals surface area contributed by atoms with Gasteiger partial charge in [0.05, 0.1) is 5.39 Å². The highest BCUT2D eigenvalue weighted by Crippen LogP contribution is 2.37. The normalized spacial score (nSPS) is 11.3. The van der Waals surface area contributed by atoms with Crippen LogP contribution in [0, 0.1) is 0 Å². The molecule has 5 rings (SSSR count). The summed E-state index contributed by atoms with van der Waals surface area (Å²) in [7, 11) is 0. The van der Waals surface area contributed by atoms with Gasteiger partial charge in [-0.1, -0.05) is 97.1 Å². The molecule has 0 saturated heterocycles. The third-order valence-electron chi connectivity index (χ3n) is 5.25. The van der Waals surface area contributed by atoms with Crippen molar-refractivity contribution in [3.05, 3.63) is 130 Å². The van der Waals surface area contributed by atoms with Crippen LogP contribution in [0.25, 0.3) is 21.7 Å². The molecule has 0 saturated carbocycles. The van der Waals surface area contributed by atoms with E-state index >= 15 is 0 Å². The minimum atomic E-state index is -0.296. The zero-order chi connectivity index (χ0) is 18.9. The summed E-state index contributed by atoms with van der Waals surface area (Å²) in [5, 5.41) is 2.50. The molecule has 0 spiro atoms. The smallest absolute Gasteiger partial charge is 0.344 e. The number of fused-ring (bicyclic) bond motifs is 3. The Morgan fingerprint density at radius 1 is 0.536 bits per heavy atom. The Hall–Kier alpha value is -3.65. The maximum absolute atomic E-state index is 12.7. The van der Waals surface area contributed by atoms with Crippen molar-refractivity contribution in [3.63, 3.8) is 0 Å². The standard InChI is InChI=1S/C26H18O2/c27-26-22-15-8-7-14-20(22)21-16-9-17-23(25(21)28-26)24(18-10-3-1-4-11-18)19-12-5-2-6-13-19/h1-17,24H. The number of benzene rings is 4. The van der Waals surface area contributed by atoms with Gasteiger partial charge in [0.15, 0.2) is 0 Å². The molecule has 1 heterocycles. The van der Waals surface area contributed by atoms with Gasteiger partial charge in [-0.25, -0.2) is 4.79 Å². The van der Waals surface area contributed by atoms with Crippen LogP contribution in [0.4, 0.5) is 0 Å². The molecule has 0 fully saturated rings. The van der Waals surface area contributed by atoms with Crippen molar-refractivity contribution in [1.82, 2.24) is 0 Å². The van der Waals surface area contributed by atoms with Gasteiger partial charge >= 0.3 is 5.63 Å². The summed E-state index contributed by atoms with van der Waals surface area (Å²) in [4.78, 5) is 12.7. The second-order valence-electron chi connectivity index (χ2n) is 6.91. The minimum absolute atomic E-state index is 0.0181. The molecule has 5 aromatic rings. The van der Waals surface area contributed by atoms with Crippen molar-refractivity contribution in [3.8, 4) is 0 Å². The maximum Gasteiger partial charge on any atom is 0.344 e. The molecule has 0 unspecified atom stereocenters. The van der Waals surface area contributed by atoms with Gasteiger partial charge in [-0.2, -0.15) is 0 Å². The lowest BCUT2D eigenvalue weighted by molar-refractivity contribution is 0.564. The first-order valence-corrected chi connectivity index (χ1v) is 9.37. The third kappa shape index (κ3) is 2.71. The van der Waals surface area contributed by atoms with Crippen molar-refractivity contribution in [1.29, 1.82) is 0 Å². The summed E-state index contributed by atoms with van der Waals surface area (Å²) in [5.74, 6) is -0.0181. The Morgan fingerprint density at radius 2 is 1.07 bits per heavy atom. The van der Waals surface area contributed by atoms with Crippen LogP contribution >= 0.6 is 0 Å². The van der Waals surface area contributed by atoms with Crippen molar-refractivity contribution >= 4 is 21.7 Å². The van der Waals surface area contributed by atoms with Gasteiger partial charge in [0.2, 0.25) is 0 Å². The van der Waals surface area contributed by atoms with Crippen LogP contribution < -0.4 is 5.63 Å². The molecule has 0 aliphatic carbocycles. The number of hydrogen-bond donors (Lipinski definition) is 0. The molecule has 2 nitrogen and oxygen atoms in total. The van der Waals surface area contributed by atoms with E-state index in [1.54, 1.807) is 0 Å². The van der Waals surface area contributed by atoms with Gasteiger partial charge in [0, 0.05) is 16.9 Å². The van der Waals surface area contributed by atoms with E-state index in [0.717, 1.165) is 27.5 Å². The highest BCUT2D eigenvalue weighted by molar-refractivity contribution is 6.05. The van der Waals surface area contributed by atoms with Gasteiger partial charge in [0.1, 0.15) is 5.58 Å². The fraction of sp³-hybridized carbons (Fsp3) is 0.0385. The summed E-state index contributed by atoms with van der Waals surface area (Å²) in [6.45, 7) is 0. The van der Waals surface area contributed by atoms with Crippen LogP contribution in [0.2, 0.25) is 0 Å². The Balaban J connectivity index is 1.86. The van der Waals surface area contributed by atoms with Crippen molar-refractivity contribution in [2.24, 2.45) is 0 Å². The van der Waals surface area contributed by atoms with E-state index in [9.17, 15) is 4.79 Å². The van der Waals surface area contributed by atoms with Crippen LogP contribution in [-0.4, -0.2) is 0 Å². The first-order chi connectivity index (χ1) is 13.8. The zero-order valence-electron chi connectivity index (χ0n) is 15.2. The van der Waals surface area contributed by atoms with Crippen LogP contribution in [0.3, 0.4) is 0 Å². The molecule has 0 aliphatic rings. The lowest BCUT2D eigenvalue weighted by Gasteiger charge is -2.20. The van der Waals surface area contributed by atoms with E-state index in [0.29, 0.717) is 11.0 Å². The highest BCUT2D eigenvalue weighted by Gasteiger charge is 2.21. The summed E-state index contributed by atoms with van der Waals surface area (Å²) < 4.78 is 5.87. The molecule has 2 heteroatoms. The Labute approximate surface area is 162 Å². The molecule has 0 aliphatic heterocycles. The number of para-hydroxylation sites is 1. The first kappa shape index (κ1) is 16.5. The molecular formula is C26H18O2. The Kier molecular flexibility index (Phi) is 4.02. The van der Waals surface area contributed by atoms with Crippen LogP contribution in [0.15, 0.2) is 112 Å². The van der Waals surface area contributed by atoms with E-state index in [-0.39, 0.29) is 11.5 Å². The largest absolute Gasteiger partial charge is 0.422 e. The van der Waals surface area contributed by atoms with Gasteiger partial charge < -0.3 is 4.42 Å².